The molecule has 1 heterocycles. The molecule has 0 saturated carbocycles. The quantitative estimate of drug-likeness (QED) is 0.656. The fraction of sp³-hybridized carbons (Fsp3) is 0.727. The molecule has 1 rings (SSSR count). The van der Waals surface area contributed by atoms with Crippen LogP contribution in [-0.2, 0) is 0 Å². The lowest BCUT2D eigenvalue weighted by Gasteiger charge is -2.28. The van der Waals surface area contributed by atoms with Crippen molar-refractivity contribution in [2.45, 2.75) is 25.5 Å². The Morgan fingerprint density at radius 1 is 1.62 bits per heavy atom. The van der Waals surface area contributed by atoms with Crippen molar-refractivity contribution in [2.24, 2.45) is 0 Å². The fourth-order valence-electron chi connectivity index (χ4n) is 1.73. The average molecular weight is 226 g/mol. The summed E-state index contributed by atoms with van der Waals surface area (Å²) in [6, 6.07) is 2.09. The number of aromatic amines is 1. The number of nitrogens with one attached hydrogen (secondary N) is 2. The number of rotatable bonds is 6. The van der Waals surface area contributed by atoms with E-state index in [0.29, 0.717) is 13.1 Å². The summed E-state index contributed by atoms with van der Waals surface area (Å²) in [6.45, 7) is 5.06. The Bertz CT molecular complexity index is 295. The predicted molar refractivity (Wildman–Crippen MR) is 64.2 cm³/mol. The first-order valence-corrected chi connectivity index (χ1v) is 5.50. The Hall–Kier alpha value is -0.910. The van der Waals surface area contributed by atoms with Gasteiger partial charge in [-0.3, -0.25) is 5.10 Å². The lowest BCUT2D eigenvalue weighted by Crippen LogP contribution is -2.46. The van der Waals surface area contributed by atoms with Gasteiger partial charge in [0.1, 0.15) is 0 Å². The van der Waals surface area contributed by atoms with Gasteiger partial charge in [-0.15, -0.1) is 0 Å². The normalized spacial score (nSPS) is 17.4. The SMILES string of the molecule is CC(NCC(C)(O)CN(C)C)c1ccn[nH]1. The summed E-state index contributed by atoms with van der Waals surface area (Å²) in [5, 5.41) is 20.2. The van der Waals surface area contributed by atoms with Gasteiger partial charge < -0.3 is 15.3 Å². The van der Waals surface area contributed by atoms with Crippen molar-refractivity contribution < 1.29 is 5.11 Å². The number of H-pyrrole nitrogens is 1. The predicted octanol–water partition coefficient (Wildman–Crippen LogP) is 0.373. The molecule has 0 aliphatic carbocycles. The van der Waals surface area contributed by atoms with Crippen molar-refractivity contribution in [3.8, 4) is 0 Å². The fourth-order valence-corrected chi connectivity index (χ4v) is 1.73. The molecule has 5 heteroatoms. The number of nitrogens with zero attached hydrogens (tertiary/aromatic N) is 2. The first-order chi connectivity index (χ1) is 7.41. The van der Waals surface area contributed by atoms with Crippen LogP contribution in [0.4, 0.5) is 0 Å². The molecule has 0 bridgehead atoms. The molecular formula is C11H22N4O. The van der Waals surface area contributed by atoms with E-state index < -0.39 is 5.60 Å². The molecular weight excluding hydrogens is 204 g/mol. The molecule has 0 aliphatic heterocycles. The number of aromatic nitrogens is 2. The lowest BCUT2D eigenvalue weighted by molar-refractivity contribution is 0.0316. The van der Waals surface area contributed by atoms with Gasteiger partial charge in [0.2, 0.25) is 0 Å². The summed E-state index contributed by atoms with van der Waals surface area (Å²) in [5.74, 6) is 0. The molecule has 0 spiro atoms. The number of hydrogen-bond acceptors (Lipinski definition) is 4. The van der Waals surface area contributed by atoms with Crippen LogP contribution >= 0.6 is 0 Å². The van der Waals surface area contributed by atoms with E-state index in [1.54, 1.807) is 6.20 Å². The van der Waals surface area contributed by atoms with E-state index in [1.807, 2.05) is 38.9 Å². The van der Waals surface area contributed by atoms with Crippen LogP contribution in [0.3, 0.4) is 0 Å². The maximum Gasteiger partial charge on any atom is 0.0869 e. The Morgan fingerprint density at radius 2 is 2.31 bits per heavy atom. The molecule has 0 fully saturated rings. The van der Waals surface area contributed by atoms with E-state index in [1.165, 1.54) is 0 Å². The second-order valence-electron chi connectivity index (χ2n) is 4.85. The van der Waals surface area contributed by atoms with E-state index in [2.05, 4.69) is 15.5 Å². The van der Waals surface area contributed by atoms with E-state index in [4.69, 9.17) is 0 Å². The van der Waals surface area contributed by atoms with Crippen molar-refractivity contribution in [1.82, 2.24) is 20.4 Å². The zero-order valence-electron chi connectivity index (χ0n) is 10.5. The summed E-state index contributed by atoms with van der Waals surface area (Å²) in [7, 11) is 3.90. The summed E-state index contributed by atoms with van der Waals surface area (Å²) >= 11 is 0. The van der Waals surface area contributed by atoms with Crippen LogP contribution in [0.1, 0.15) is 25.6 Å². The van der Waals surface area contributed by atoms with E-state index >= 15 is 0 Å². The van der Waals surface area contributed by atoms with E-state index in [9.17, 15) is 5.11 Å². The third kappa shape index (κ3) is 4.30. The van der Waals surface area contributed by atoms with Crippen molar-refractivity contribution >= 4 is 0 Å². The third-order valence-corrected chi connectivity index (χ3v) is 2.43. The molecule has 0 aromatic carbocycles. The first kappa shape index (κ1) is 13.2. The van der Waals surface area contributed by atoms with Crippen LogP contribution in [-0.4, -0.2) is 53.0 Å². The van der Waals surface area contributed by atoms with Gasteiger partial charge in [0, 0.05) is 25.3 Å². The van der Waals surface area contributed by atoms with Gasteiger partial charge in [0.25, 0.3) is 0 Å². The summed E-state index contributed by atoms with van der Waals surface area (Å²) in [4.78, 5) is 1.97. The van der Waals surface area contributed by atoms with Crippen molar-refractivity contribution in [3.63, 3.8) is 0 Å². The number of aliphatic hydroxyl groups is 1. The van der Waals surface area contributed by atoms with Gasteiger partial charge in [-0.05, 0) is 34.0 Å². The van der Waals surface area contributed by atoms with Gasteiger partial charge in [-0.1, -0.05) is 0 Å². The molecule has 1 aromatic heterocycles. The molecule has 92 valence electrons. The van der Waals surface area contributed by atoms with Gasteiger partial charge in [0.05, 0.1) is 11.3 Å². The molecule has 0 amide bonds. The van der Waals surface area contributed by atoms with Gasteiger partial charge in [-0.2, -0.15) is 5.10 Å². The molecule has 5 nitrogen and oxygen atoms in total. The van der Waals surface area contributed by atoms with Gasteiger partial charge in [-0.25, -0.2) is 0 Å². The molecule has 16 heavy (non-hydrogen) atoms. The van der Waals surface area contributed by atoms with E-state index in [-0.39, 0.29) is 6.04 Å². The van der Waals surface area contributed by atoms with Crippen LogP contribution in [0.15, 0.2) is 12.3 Å². The second-order valence-corrected chi connectivity index (χ2v) is 4.85. The van der Waals surface area contributed by atoms with Crippen molar-refractivity contribution in [1.29, 1.82) is 0 Å². The molecule has 2 atom stereocenters. The molecule has 0 radical (unpaired) electrons. The van der Waals surface area contributed by atoms with Gasteiger partial charge >= 0.3 is 0 Å². The van der Waals surface area contributed by atoms with Crippen LogP contribution in [0, 0.1) is 0 Å². The highest BCUT2D eigenvalue weighted by atomic mass is 16.3. The Morgan fingerprint density at radius 3 is 2.81 bits per heavy atom. The first-order valence-electron chi connectivity index (χ1n) is 5.50. The zero-order valence-corrected chi connectivity index (χ0v) is 10.5. The minimum absolute atomic E-state index is 0.163. The monoisotopic (exact) mass is 226 g/mol. The maximum atomic E-state index is 10.1. The van der Waals surface area contributed by atoms with Crippen LogP contribution in [0.25, 0.3) is 0 Å². The highest BCUT2D eigenvalue weighted by Gasteiger charge is 2.22. The molecule has 0 aliphatic rings. The molecule has 3 N–H and O–H groups in total. The summed E-state index contributed by atoms with van der Waals surface area (Å²) in [5.41, 5.74) is 0.304. The summed E-state index contributed by atoms with van der Waals surface area (Å²) in [6.07, 6.45) is 1.73. The summed E-state index contributed by atoms with van der Waals surface area (Å²) < 4.78 is 0. The third-order valence-electron chi connectivity index (χ3n) is 2.43. The molecule has 0 saturated heterocycles. The average Bonchev–Trinajstić information content (AvgIpc) is 2.64. The second kappa shape index (κ2) is 5.43. The van der Waals surface area contributed by atoms with Crippen molar-refractivity contribution in [2.75, 3.05) is 27.2 Å². The van der Waals surface area contributed by atoms with Gasteiger partial charge in [0.15, 0.2) is 0 Å². The molecule has 2 unspecified atom stereocenters. The number of hydrogen-bond donors (Lipinski definition) is 3. The Kier molecular flexibility index (Phi) is 4.46. The minimum atomic E-state index is -0.724. The standard InChI is InChI=1S/C11H22N4O/c1-9(10-5-6-13-14-10)12-7-11(2,16)8-15(3)4/h5-6,9,12,16H,7-8H2,1-4H3,(H,13,14). The Labute approximate surface area is 96.9 Å². The van der Waals surface area contributed by atoms with E-state index in [0.717, 1.165) is 5.69 Å². The van der Waals surface area contributed by atoms with Crippen molar-refractivity contribution in [3.05, 3.63) is 18.0 Å². The highest BCUT2D eigenvalue weighted by Crippen LogP contribution is 2.10. The largest absolute Gasteiger partial charge is 0.388 e. The smallest absolute Gasteiger partial charge is 0.0869 e. The highest BCUT2D eigenvalue weighted by molar-refractivity contribution is 5.03. The van der Waals surface area contributed by atoms with Crippen LogP contribution < -0.4 is 5.32 Å². The topological polar surface area (TPSA) is 64.2 Å². The van der Waals surface area contributed by atoms with Crippen LogP contribution in [0.5, 0.6) is 0 Å². The minimum Gasteiger partial charge on any atom is -0.388 e. The number of likely N-dealkylation sites (N-methyl/N-ethyl adjacent to an activating group) is 1. The maximum absolute atomic E-state index is 10.1. The molecule has 1 aromatic rings. The van der Waals surface area contributed by atoms with Crippen LogP contribution in [0.2, 0.25) is 0 Å². The zero-order chi connectivity index (χ0) is 12.2. The lowest BCUT2D eigenvalue weighted by atomic mass is 10.1. The Balaban J connectivity index is 2.39.